The molecule has 1 N–H and O–H groups in total. The van der Waals surface area contributed by atoms with Gasteiger partial charge in [-0.25, -0.2) is 9.97 Å². The van der Waals surface area contributed by atoms with Gasteiger partial charge < -0.3 is 4.98 Å². The lowest BCUT2D eigenvalue weighted by atomic mass is 10.3. The number of pyridine rings is 1. The molecule has 16 heavy (non-hydrogen) atoms. The molecular weight excluding hydrogens is 226 g/mol. The van der Waals surface area contributed by atoms with E-state index in [0.29, 0.717) is 6.20 Å². The lowest BCUT2D eigenvalue weighted by Crippen LogP contribution is -2.04. The number of alkyl halides is 3. The van der Waals surface area contributed by atoms with Crippen molar-refractivity contribution >= 4 is 0 Å². The predicted octanol–water partition coefficient (Wildman–Crippen LogP) is 2.63. The minimum atomic E-state index is -4.47. The molecular formula is C9H5F4N3. The van der Waals surface area contributed by atoms with Gasteiger partial charge in [-0.1, -0.05) is 0 Å². The highest BCUT2D eigenvalue weighted by Crippen LogP contribution is 2.29. The number of rotatable bonds is 1. The van der Waals surface area contributed by atoms with Gasteiger partial charge in [-0.3, -0.25) is 0 Å². The lowest BCUT2D eigenvalue weighted by molar-refractivity contribution is -0.140. The summed E-state index contributed by atoms with van der Waals surface area (Å²) in [6.45, 7) is 0. The molecule has 3 nitrogen and oxygen atoms in total. The van der Waals surface area contributed by atoms with Crippen LogP contribution in [0.2, 0.25) is 0 Å². The molecule has 0 amide bonds. The summed E-state index contributed by atoms with van der Waals surface area (Å²) in [5, 5.41) is 0. The Kier molecular flexibility index (Phi) is 2.37. The summed E-state index contributed by atoms with van der Waals surface area (Å²) in [6, 6.07) is 2.34. The number of halogens is 4. The van der Waals surface area contributed by atoms with Crippen molar-refractivity contribution in [3.63, 3.8) is 0 Å². The van der Waals surface area contributed by atoms with Crippen LogP contribution < -0.4 is 0 Å². The summed E-state index contributed by atoms with van der Waals surface area (Å²) in [4.78, 5) is 8.95. The van der Waals surface area contributed by atoms with Gasteiger partial charge in [0.2, 0.25) is 5.95 Å². The number of aromatic nitrogens is 3. The Hall–Kier alpha value is -1.92. The Balaban J connectivity index is 2.35. The van der Waals surface area contributed by atoms with Crippen molar-refractivity contribution in [1.82, 2.24) is 15.0 Å². The minimum Gasteiger partial charge on any atom is -0.334 e. The van der Waals surface area contributed by atoms with E-state index in [9.17, 15) is 17.6 Å². The van der Waals surface area contributed by atoms with Crippen LogP contribution in [0, 0.1) is 5.95 Å². The fraction of sp³-hybridized carbons (Fsp3) is 0.111. The first kappa shape index (κ1) is 10.6. The smallest absolute Gasteiger partial charge is 0.334 e. The maximum absolute atomic E-state index is 12.5. The van der Waals surface area contributed by atoms with Gasteiger partial charge in [-0.2, -0.15) is 17.6 Å². The third-order valence-electron chi connectivity index (χ3n) is 1.88. The zero-order chi connectivity index (χ0) is 11.8. The van der Waals surface area contributed by atoms with E-state index in [1.165, 1.54) is 6.07 Å². The van der Waals surface area contributed by atoms with Crippen molar-refractivity contribution in [2.45, 2.75) is 6.18 Å². The zero-order valence-corrected chi connectivity index (χ0v) is 7.72. The molecule has 2 rings (SSSR count). The molecule has 84 valence electrons. The number of nitrogens with zero attached hydrogens (tertiary/aromatic N) is 2. The van der Waals surface area contributed by atoms with E-state index in [1.54, 1.807) is 0 Å². The standard InChI is InChI=1S/C9H5F4N3/c10-7-2-1-5(3-14-7)8-15-4-6(16-8)9(11,12)13/h1-4H,(H,15,16). The quantitative estimate of drug-likeness (QED) is 0.605. The molecule has 7 heteroatoms. The highest BCUT2D eigenvalue weighted by Gasteiger charge is 2.33. The molecule has 0 aliphatic carbocycles. The van der Waals surface area contributed by atoms with E-state index >= 15 is 0 Å². The molecule has 0 unspecified atom stereocenters. The second-order valence-electron chi connectivity index (χ2n) is 3.01. The number of H-pyrrole nitrogens is 1. The molecule has 2 heterocycles. The van der Waals surface area contributed by atoms with Crippen molar-refractivity contribution in [1.29, 1.82) is 0 Å². The normalized spacial score (nSPS) is 11.8. The van der Waals surface area contributed by atoms with Crippen molar-refractivity contribution in [2.24, 2.45) is 0 Å². The summed E-state index contributed by atoms with van der Waals surface area (Å²) >= 11 is 0. The number of nitrogens with one attached hydrogen (secondary N) is 1. The zero-order valence-electron chi connectivity index (χ0n) is 7.72. The van der Waals surface area contributed by atoms with Crippen LogP contribution in [-0.4, -0.2) is 15.0 Å². The predicted molar refractivity (Wildman–Crippen MR) is 46.8 cm³/mol. The molecule has 2 aromatic heterocycles. The van der Waals surface area contributed by atoms with Crippen molar-refractivity contribution < 1.29 is 17.6 Å². The minimum absolute atomic E-state index is 0.000162. The topological polar surface area (TPSA) is 41.6 Å². The molecule has 0 aliphatic heterocycles. The van der Waals surface area contributed by atoms with E-state index in [4.69, 9.17) is 0 Å². The fourth-order valence-electron chi connectivity index (χ4n) is 1.13. The Morgan fingerprint density at radius 2 is 1.81 bits per heavy atom. The van der Waals surface area contributed by atoms with Gasteiger partial charge in [-0.05, 0) is 12.1 Å². The first-order chi connectivity index (χ1) is 7.47. The summed E-state index contributed by atoms with van der Waals surface area (Å²) in [5.74, 6) is -0.703. The number of hydrogen-bond acceptors (Lipinski definition) is 2. The third-order valence-corrected chi connectivity index (χ3v) is 1.88. The summed E-state index contributed by atoms with van der Waals surface area (Å²) in [7, 11) is 0. The van der Waals surface area contributed by atoms with E-state index in [0.717, 1.165) is 12.3 Å². The molecule has 0 spiro atoms. The summed E-state index contributed by atoms with van der Waals surface area (Å²) in [6.07, 6.45) is -2.69. The highest BCUT2D eigenvalue weighted by molar-refractivity contribution is 5.53. The molecule has 0 fully saturated rings. The molecule has 0 aromatic carbocycles. The van der Waals surface area contributed by atoms with Gasteiger partial charge in [0.15, 0.2) is 0 Å². The van der Waals surface area contributed by atoms with Crippen LogP contribution in [0.1, 0.15) is 5.69 Å². The van der Waals surface area contributed by atoms with E-state index < -0.39 is 17.8 Å². The molecule has 0 saturated carbocycles. The first-order valence-electron chi connectivity index (χ1n) is 4.21. The van der Waals surface area contributed by atoms with Gasteiger partial charge >= 0.3 is 6.18 Å². The largest absolute Gasteiger partial charge is 0.432 e. The molecule has 0 saturated heterocycles. The van der Waals surface area contributed by atoms with E-state index in [2.05, 4.69) is 15.0 Å². The van der Waals surface area contributed by atoms with E-state index in [1.807, 2.05) is 0 Å². The molecule has 0 atom stereocenters. The van der Waals surface area contributed by atoms with Crippen LogP contribution in [-0.2, 0) is 6.18 Å². The van der Waals surface area contributed by atoms with Gasteiger partial charge in [0.25, 0.3) is 0 Å². The molecule has 2 aromatic rings. The van der Waals surface area contributed by atoms with Crippen molar-refractivity contribution in [3.8, 4) is 11.4 Å². The number of aromatic amines is 1. The van der Waals surface area contributed by atoms with Crippen LogP contribution >= 0.6 is 0 Å². The maximum atomic E-state index is 12.5. The van der Waals surface area contributed by atoms with Gasteiger partial charge in [0.05, 0.1) is 6.20 Å². The number of hydrogen-bond donors (Lipinski definition) is 1. The van der Waals surface area contributed by atoms with Gasteiger partial charge in [-0.15, -0.1) is 0 Å². The van der Waals surface area contributed by atoms with E-state index in [-0.39, 0.29) is 11.4 Å². The number of imidazole rings is 1. The average molecular weight is 231 g/mol. The monoisotopic (exact) mass is 231 g/mol. The Morgan fingerprint density at radius 1 is 1.06 bits per heavy atom. The van der Waals surface area contributed by atoms with Crippen molar-refractivity contribution in [2.75, 3.05) is 0 Å². The van der Waals surface area contributed by atoms with Crippen LogP contribution in [0.25, 0.3) is 11.4 Å². The molecule has 0 aliphatic rings. The SMILES string of the molecule is Fc1ccc(-c2ncc(C(F)(F)F)[nH]2)cn1. The lowest BCUT2D eigenvalue weighted by Gasteiger charge is -2.01. The van der Waals surface area contributed by atoms with Gasteiger partial charge in [0.1, 0.15) is 11.5 Å². The Morgan fingerprint density at radius 3 is 2.31 bits per heavy atom. The Labute approximate surface area is 87.2 Å². The molecule has 0 radical (unpaired) electrons. The van der Waals surface area contributed by atoms with Crippen LogP contribution in [0.5, 0.6) is 0 Å². The van der Waals surface area contributed by atoms with Crippen LogP contribution in [0.4, 0.5) is 17.6 Å². The first-order valence-corrected chi connectivity index (χ1v) is 4.21. The highest BCUT2D eigenvalue weighted by atomic mass is 19.4. The van der Waals surface area contributed by atoms with Gasteiger partial charge in [0, 0.05) is 11.8 Å². The summed E-state index contributed by atoms with van der Waals surface area (Å²) in [5.41, 5.74) is -0.663. The maximum Gasteiger partial charge on any atom is 0.432 e. The van der Waals surface area contributed by atoms with Crippen LogP contribution in [0.3, 0.4) is 0 Å². The van der Waals surface area contributed by atoms with Crippen molar-refractivity contribution in [3.05, 3.63) is 36.2 Å². The average Bonchev–Trinajstić information content (AvgIpc) is 2.67. The fourth-order valence-corrected chi connectivity index (χ4v) is 1.13. The second kappa shape index (κ2) is 3.58. The third kappa shape index (κ3) is 2.02. The van der Waals surface area contributed by atoms with Crippen LogP contribution in [0.15, 0.2) is 24.5 Å². The Bertz CT molecular complexity index is 486. The molecule has 0 bridgehead atoms. The summed E-state index contributed by atoms with van der Waals surface area (Å²) < 4.78 is 49.2. The second-order valence-corrected chi connectivity index (χ2v) is 3.01.